The summed E-state index contributed by atoms with van der Waals surface area (Å²) in [4.78, 5) is 14.0. The first-order valence-corrected chi connectivity index (χ1v) is 8.69. The molecule has 2 atom stereocenters. The number of halogens is 5. The first kappa shape index (κ1) is 18.7. The van der Waals surface area contributed by atoms with E-state index in [-0.39, 0.29) is 23.9 Å². The van der Waals surface area contributed by atoms with Gasteiger partial charge in [-0.3, -0.25) is 4.79 Å². The number of nitrogens with one attached hydrogen (secondary N) is 1. The van der Waals surface area contributed by atoms with E-state index in [4.69, 9.17) is 4.74 Å². The van der Waals surface area contributed by atoms with Crippen LogP contribution in [0.4, 0.5) is 27.6 Å². The molecule has 4 nitrogen and oxygen atoms in total. The van der Waals surface area contributed by atoms with Crippen molar-refractivity contribution in [3.05, 3.63) is 64.5 Å². The van der Waals surface area contributed by atoms with Gasteiger partial charge in [-0.1, -0.05) is 12.1 Å². The SMILES string of the molecule is O=C1c2ccccc2N[C@H](c2c(F)c(F)c(F)c(F)c2F)N1C[C@H]1CCCO1. The van der Waals surface area contributed by atoms with E-state index in [1.165, 1.54) is 12.1 Å². The average Bonchev–Trinajstić information content (AvgIpc) is 3.21. The Bertz CT molecular complexity index is 917. The lowest BCUT2D eigenvalue weighted by Crippen LogP contribution is -2.47. The van der Waals surface area contributed by atoms with E-state index in [9.17, 15) is 26.7 Å². The molecular formula is C19H15F5N2O2. The summed E-state index contributed by atoms with van der Waals surface area (Å²) in [5, 5.41) is 2.74. The summed E-state index contributed by atoms with van der Waals surface area (Å²) in [6.07, 6.45) is -0.588. The molecule has 2 heterocycles. The van der Waals surface area contributed by atoms with Gasteiger partial charge in [0, 0.05) is 18.8 Å². The van der Waals surface area contributed by atoms with Crippen LogP contribution in [-0.4, -0.2) is 30.1 Å². The summed E-state index contributed by atoms with van der Waals surface area (Å²) < 4.78 is 75.4. The van der Waals surface area contributed by atoms with Crippen LogP contribution in [0.3, 0.4) is 0 Å². The minimum Gasteiger partial charge on any atom is -0.376 e. The number of fused-ring (bicyclic) bond motifs is 1. The molecule has 0 radical (unpaired) electrons. The molecule has 0 aliphatic carbocycles. The molecule has 2 aliphatic heterocycles. The highest BCUT2D eigenvalue weighted by atomic mass is 19.2. The Kier molecular flexibility index (Phi) is 4.70. The Balaban J connectivity index is 1.84. The number of amides is 1. The van der Waals surface area contributed by atoms with Crippen molar-refractivity contribution in [3.63, 3.8) is 0 Å². The summed E-state index contributed by atoms with van der Waals surface area (Å²) in [6.45, 7) is 0.425. The molecule has 1 fully saturated rings. The van der Waals surface area contributed by atoms with Crippen LogP contribution in [0.1, 0.15) is 34.9 Å². The van der Waals surface area contributed by atoms with Crippen LogP contribution in [0, 0.1) is 29.1 Å². The van der Waals surface area contributed by atoms with Gasteiger partial charge < -0.3 is 15.0 Å². The van der Waals surface area contributed by atoms with E-state index in [0.29, 0.717) is 13.0 Å². The van der Waals surface area contributed by atoms with Crippen molar-refractivity contribution in [1.29, 1.82) is 0 Å². The third-order valence-corrected chi connectivity index (χ3v) is 4.96. The fraction of sp³-hybridized carbons (Fsp3) is 0.316. The van der Waals surface area contributed by atoms with Crippen LogP contribution in [-0.2, 0) is 4.74 Å². The Morgan fingerprint density at radius 3 is 2.29 bits per heavy atom. The highest BCUT2D eigenvalue weighted by Crippen LogP contribution is 2.37. The molecule has 0 saturated carbocycles. The van der Waals surface area contributed by atoms with Crippen LogP contribution >= 0.6 is 0 Å². The minimum absolute atomic E-state index is 0.0513. The first-order valence-electron chi connectivity index (χ1n) is 8.69. The Hall–Kier alpha value is -2.68. The van der Waals surface area contributed by atoms with Gasteiger partial charge >= 0.3 is 0 Å². The standard InChI is InChI=1S/C19H15F5N2O2/c20-13-12(14(21)16(23)17(24)15(13)22)18-25-11-6-2-1-5-10(11)19(27)26(18)8-9-4-3-7-28-9/h1-2,5-6,9,18,25H,3-4,7-8H2/t9-,18+/m1/s1. The number of benzene rings is 2. The molecule has 2 aliphatic rings. The van der Waals surface area contributed by atoms with Crippen molar-refractivity contribution < 1.29 is 31.5 Å². The molecule has 2 aromatic rings. The fourth-order valence-electron chi connectivity index (χ4n) is 3.58. The maximum absolute atomic E-state index is 14.4. The van der Waals surface area contributed by atoms with Crippen LogP contribution in [0.5, 0.6) is 0 Å². The van der Waals surface area contributed by atoms with Crippen molar-refractivity contribution in [2.24, 2.45) is 0 Å². The van der Waals surface area contributed by atoms with E-state index in [1.807, 2.05) is 0 Å². The molecule has 0 unspecified atom stereocenters. The number of anilines is 1. The molecule has 4 rings (SSSR count). The van der Waals surface area contributed by atoms with Gasteiger partial charge in [-0.05, 0) is 25.0 Å². The topological polar surface area (TPSA) is 41.6 Å². The largest absolute Gasteiger partial charge is 0.376 e. The van der Waals surface area contributed by atoms with Gasteiger partial charge in [0.05, 0.1) is 17.2 Å². The normalized spacial score (nSPS) is 21.6. The van der Waals surface area contributed by atoms with Crippen LogP contribution in [0.25, 0.3) is 0 Å². The van der Waals surface area contributed by atoms with Crippen LogP contribution in [0.2, 0.25) is 0 Å². The third kappa shape index (κ3) is 2.90. The van der Waals surface area contributed by atoms with Gasteiger partial charge in [-0.15, -0.1) is 0 Å². The number of carbonyl (C=O) groups is 1. The van der Waals surface area contributed by atoms with Crippen LogP contribution in [0.15, 0.2) is 24.3 Å². The molecule has 1 amide bonds. The predicted octanol–water partition coefficient (Wildman–Crippen LogP) is 4.13. The van der Waals surface area contributed by atoms with E-state index in [0.717, 1.165) is 11.3 Å². The molecule has 0 aromatic heterocycles. The lowest BCUT2D eigenvalue weighted by molar-refractivity contribution is 0.0417. The first-order chi connectivity index (χ1) is 13.4. The fourth-order valence-corrected chi connectivity index (χ4v) is 3.58. The lowest BCUT2D eigenvalue weighted by Gasteiger charge is -2.39. The summed E-state index contributed by atoms with van der Waals surface area (Å²) in [6, 6.07) is 6.21. The maximum Gasteiger partial charge on any atom is 0.257 e. The highest BCUT2D eigenvalue weighted by molar-refractivity contribution is 6.01. The van der Waals surface area contributed by atoms with Crippen molar-refractivity contribution in [3.8, 4) is 0 Å². The summed E-state index contributed by atoms with van der Waals surface area (Å²) >= 11 is 0. The molecule has 0 spiro atoms. The molecule has 2 aromatic carbocycles. The Morgan fingerprint density at radius 2 is 1.64 bits per heavy atom. The predicted molar refractivity (Wildman–Crippen MR) is 89.0 cm³/mol. The van der Waals surface area contributed by atoms with Crippen LogP contribution < -0.4 is 5.32 Å². The minimum atomic E-state index is -2.24. The average molecular weight is 398 g/mol. The van der Waals surface area contributed by atoms with E-state index >= 15 is 0 Å². The summed E-state index contributed by atoms with van der Waals surface area (Å²) in [5.74, 6) is -10.9. The second-order valence-corrected chi connectivity index (χ2v) is 6.67. The number of hydrogen-bond acceptors (Lipinski definition) is 3. The maximum atomic E-state index is 14.4. The van der Waals surface area contributed by atoms with Crippen molar-refractivity contribution >= 4 is 11.6 Å². The number of carbonyl (C=O) groups excluding carboxylic acids is 1. The lowest BCUT2D eigenvalue weighted by atomic mass is 10.0. The molecule has 28 heavy (non-hydrogen) atoms. The van der Waals surface area contributed by atoms with Gasteiger partial charge in [0.1, 0.15) is 6.17 Å². The van der Waals surface area contributed by atoms with Crippen molar-refractivity contribution in [2.45, 2.75) is 25.1 Å². The summed E-state index contributed by atoms with van der Waals surface area (Å²) in [7, 11) is 0. The van der Waals surface area contributed by atoms with E-state index < -0.39 is 46.7 Å². The van der Waals surface area contributed by atoms with Crippen molar-refractivity contribution in [2.75, 3.05) is 18.5 Å². The van der Waals surface area contributed by atoms with Gasteiger partial charge in [-0.2, -0.15) is 0 Å². The van der Waals surface area contributed by atoms with Gasteiger partial charge in [0.25, 0.3) is 5.91 Å². The zero-order valence-electron chi connectivity index (χ0n) is 14.4. The smallest absolute Gasteiger partial charge is 0.257 e. The molecule has 0 bridgehead atoms. The van der Waals surface area contributed by atoms with E-state index in [1.54, 1.807) is 12.1 Å². The quantitative estimate of drug-likeness (QED) is 0.480. The number of para-hydroxylation sites is 1. The Morgan fingerprint density at radius 1 is 1.00 bits per heavy atom. The molecule has 148 valence electrons. The zero-order chi connectivity index (χ0) is 20.0. The second kappa shape index (κ2) is 7.05. The number of nitrogens with zero attached hydrogens (tertiary/aromatic N) is 1. The second-order valence-electron chi connectivity index (χ2n) is 6.67. The Labute approximate surface area is 156 Å². The monoisotopic (exact) mass is 398 g/mol. The molecule has 1 N–H and O–H groups in total. The number of rotatable bonds is 3. The van der Waals surface area contributed by atoms with Gasteiger partial charge in [-0.25, -0.2) is 22.0 Å². The zero-order valence-corrected chi connectivity index (χ0v) is 14.4. The molecule has 1 saturated heterocycles. The number of hydrogen-bond donors (Lipinski definition) is 1. The molecular weight excluding hydrogens is 383 g/mol. The number of ether oxygens (including phenoxy) is 1. The summed E-state index contributed by atoms with van der Waals surface area (Å²) in [5.41, 5.74) is -0.622. The van der Waals surface area contributed by atoms with E-state index in [2.05, 4.69) is 5.32 Å². The highest BCUT2D eigenvalue weighted by Gasteiger charge is 2.40. The van der Waals surface area contributed by atoms with Gasteiger partial charge in [0.2, 0.25) is 5.82 Å². The van der Waals surface area contributed by atoms with Gasteiger partial charge in [0.15, 0.2) is 23.3 Å². The third-order valence-electron chi connectivity index (χ3n) is 4.96. The van der Waals surface area contributed by atoms with Crippen molar-refractivity contribution in [1.82, 2.24) is 4.90 Å². The molecule has 9 heteroatoms.